The van der Waals surface area contributed by atoms with Gasteiger partial charge in [-0.15, -0.1) is 0 Å². The van der Waals surface area contributed by atoms with E-state index in [-0.39, 0.29) is 11.8 Å². The molecular weight excluding hydrogens is 517 g/mol. The molecule has 2 amide bonds. The van der Waals surface area contributed by atoms with Gasteiger partial charge >= 0.3 is 0 Å². The average molecular weight is 527 g/mol. The summed E-state index contributed by atoms with van der Waals surface area (Å²) >= 11 is 15.7. The molecule has 1 aromatic rings. The summed E-state index contributed by atoms with van der Waals surface area (Å²) in [5.41, 5.74) is 0.672. The van der Waals surface area contributed by atoms with Crippen LogP contribution in [-0.2, 0) is 9.59 Å². The number of hydrogen-bond donors (Lipinski definition) is 2. The Balaban J connectivity index is 2.96. The van der Waals surface area contributed by atoms with E-state index in [1.165, 1.54) is 0 Å². The van der Waals surface area contributed by atoms with Crippen LogP contribution in [-0.4, -0.2) is 20.7 Å². The zero-order valence-corrected chi connectivity index (χ0v) is 15.4. The van der Waals surface area contributed by atoms with Crippen molar-refractivity contribution >= 4 is 80.2 Å². The van der Waals surface area contributed by atoms with Crippen LogP contribution in [0.1, 0.15) is 11.7 Å². The number of halogens is 4. The van der Waals surface area contributed by atoms with Gasteiger partial charge in [-0.3, -0.25) is 9.59 Å². The molecule has 0 aromatic heterocycles. The predicted molar refractivity (Wildman–Crippen MR) is 93.3 cm³/mol. The van der Waals surface area contributed by atoms with Gasteiger partial charge < -0.3 is 10.6 Å². The summed E-state index contributed by atoms with van der Waals surface area (Å²) in [6.45, 7) is 0. The minimum absolute atomic E-state index is 0.176. The first-order valence-electron chi connectivity index (χ1n) is 5.13. The first-order valence-corrected chi connectivity index (χ1v) is 8.94. The van der Waals surface area contributed by atoms with Crippen LogP contribution in [0.3, 0.4) is 0 Å². The van der Waals surface area contributed by atoms with Crippen molar-refractivity contribution in [2.75, 3.05) is 8.86 Å². The van der Waals surface area contributed by atoms with Crippen molar-refractivity contribution in [2.24, 2.45) is 0 Å². The Bertz CT molecular complexity index is 468. The van der Waals surface area contributed by atoms with Crippen LogP contribution in [0.15, 0.2) is 18.2 Å². The molecule has 0 saturated heterocycles. The molecule has 19 heavy (non-hydrogen) atoms. The molecule has 0 unspecified atom stereocenters. The van der Waals surface area contributed by atoms with Crippen molar-refractivity contribution in [3.05, 3.63) is 33.8 Å². The van der Waals surface area contributed by atoms with Gasteiger partial charge in [0.05, 0.1) is 18.9 Å². The molecule has 1 rings (SSSR count). The maximum absolute atomic E-state index is 11.5. The van der Waals surface area contributed by atoms with Gasteiger partial charge in [-0.2, -0.15) is 0 Å². The van der Waals surface area contributed by atoms with Crippen molar-refractivity contribution in [1.82, 2.24) is 10.6 Å². The maximum Gasteiger partial charge on any atom is 0.231 e. The van der Waals surface area contributed by atoms with Crippen LogP contribution >= 0.6 is 68.4 Å². The lowest BCUT2D eigenvalue weighted by atomic mass is 10.1. The van der Waals surface area contributed by atoms with E-state index in [1.807, 2.05) is 45.2 Å². The highest BCUT2D eigenvalue weighted by Crippen LogP contribution is 2.25. The summed E-state index contributed by atoms with van der Waals surface area (Å²) in [4.78, 5) is 23.0. The summed E-state index contributed by atoms with van der Waals surface area (Å²) in [6.07, 6.45) is -0.612. The van der Waals surface area contributed by atoms with Gasteiger partial charge in [0.15, 0.2) is 0 Å². The second-order valence-electron chi connectivity index (χ2n) is 3.51. The predicted octanol–water partition coefficient (Wildman–Crippen LogP) is 3.09. The fourth-order valence-electron chi connectivity index (χ4n) is 1.29. The smallest absolute Gasteiger partial charge is 0.231 e. The van der Waals surface area contributed by atoms with E-state index in [2.05, 4.69) is 10.6 Å². The highest BCUT2D eigenvalue weighted by molar-refractivity contribution is 14.1. The molecule has 2 N–H and O–H groups in total. The third-order valence-corrected chi connectivity index (χ3v) is 4.26. The van der Waals surface area contributed by atoms with E-state index in [0.717, 1.165) is 0 Å². The van der Waals surface area contributed by atoms with Crippen LogP contribution < -0.4 is 10.6 Å². The Morgan fingerprint density at radius 3 is 2.00 bits per heavy atom. The number of amides is 2. The second-order valence-corrected chi connectivity index (χ2v) is 5.85. The number of alkyl halides is 2. The van der Waals surface area contributed by atoms with Crippen LogP contribution in [0.25, 0.3) is 0 Å². The molecule has 0 aliphatic rings. The van der Waals surface area contributed by atoms with E-state index < -0.39 is 6.17 Å². The maximum atomic E-state index is 11.5. The minimum atomic E-state index is -0.612. The quantitative estimate of drug-likeness (QED) is 0.352. The van der Waals surface area contributed by atoms with Crippen LogP contribution in [0.5, 0.6) is 0 Å². The number of carbonyl (C=O) groups is 2. The standard InChI is InChI=1S/C11H10Cl2I2N2O2/c12-7-2-1-6(3-8(7)13)11(16-9(18)4-14)17-10(19)5-15/h1-3,11H,4-5H2,(H,16,18)(H,17,19). The number of benzene rings is 1. The molecule has 104 valence electrons. The Hall–Kier alpha value is 0.200. The van der Waals surface area contributed by atoms with Gasteiger partial charge in [-0.05, 0) is 17.7 Å². The van der Waals surface area contributed by atoms with Gasteiger partial charge in [-0.1, -0.05) is 74.4 Å². The molecule has 0 atom stereocenters. The molecule has 0 fully saturated rings. The SMILES string of the molecule is O=C(CI)NC(NC(=O)CI)c1ccc(Cl)c(Cl)c1. The van der Waals surface area contributed by atoms with Crippen molar-refractivity contribution in [2.45, 2.75) is 6.17 Å². The lowest BCUT2D eigenvalue weighted by Gasteiger charge is -2.20. The summed E-state index contributed by atoms with van der Waals surface area (Å²) in [5.74, 6) is -0.351. The summed E-state index contributed by atoms with van der Waals surface area (Å²) < 4.78 is 0.603. The normalized spacial score (nSPS) is 10.4. The molecule has 0 bridgehead atoms. The largest absolute Gasteiger partial charge is 0.331 e. The van der Waals surface area contributed by atoms with E-state index in [0.29, 0.717) is 24.5 Å². The molecule has 0 aliphatic heterocycles. The molecular formula is C11H10Cl2I2N2O2. The van der Waals surface area contributed by atoms with Crippen molar-refractivity contribution in [3.8, 4) is 0 Å². The molecule has 8 heteroatoms. The fourth-order valence-corrected chi connectivity index (χ4v) is 2.04. The van der Waals surface area contributed by atoms with Crippen molar-refractivity contribution in [3.63, 3.8) is 0 Å². The first-order chi connectivity index (χ1) is 8.97. The van der Waals surface area contributed by atoms with Crippen LogP contribution in [0.2, 0.25) is 10.0 Å². The Morgan fingerprint density at radius 1 is 1.05 bits per heavy atom. The zero-order valence-electron chi connectivity index (χ0n) is 9.55. The summed E-state index contributed by atoms with van der Waals surface area (Å²) in [6, 6.07) is 4.95. The minimum Gasteiger partial charge on any atom is -0.331 e. The van der Waals surface area contributed by atoms with E-state index >= 15 is 0 Å². The topological polar surface area (TPSA) is 58.2 Å². The number of nitrogens with one attached hydrogen (secondary N) is 2. The third-order valence-electron chi connectivity index (χ3n) is 2.13. The molecule has 4 nitrogen and oxygen atoms in total. The average Bonchev–Trinajstić information content (AvgIpc) is 2.40. The van der Waals surface area contributed by atoms with Crippen LogP contribution in [0.4, 0.5) is 0 Å². The zero-order chi connectivity index (χ0) is 14.4. The molecule has 0 spiro atoms. The summed E-state index contributed by atoms with van der Waals surface area (Å²) in [5, 5.41) is 6.22. The Labute approximate surface area is 148 Å². The Morgan fingerprint density at radius 2 is 1.58 bits per heavy atom. The molecule has 0 radical (unpaired) electrons. The highest BCUT2D eigenvalue weighted by atomic mass is 127. The second kappa shape index (κ2) is 8.48. The third kappa shape index (κ3) is 5.60. The van der Waals surface area contributed by atoms with Gasteiger partial charge in [0.1, 0.15) is 6.17 Å². The number of rotatable bonds is 5. The van der Waals surface area contributed by atoms with Crippen LogP contribution in [0, 0.1) is 0 Å². The van der Waals surface area contributed by atoms with E-state index in [9.17, 15) is 9.59 Å². The molecule has 0 saturated carbocycles. The molecule has 1 aromatic carbocycles. The van der Waals surface area contributed by atoms with Crippen molar-refractivity contribution in [1.29, 1.82) is 0 Å². The number of carbonyl (C=O) groups excluding carboxylic acids is 2. The van der Waals surface area contributed by atoms with E-state index in [1.54, 1.807) is 18.2 Å². The lowest BCUT2D eigenvalue weighted by molar-refractivity contribution is -0.121. The monoisotopic (exact) mass is 526 g/mol. The van der Waals surface area contributed by atoms with Gasteiger partial charge in [0, 0.05) is 0 Å². The van der Waals surface area contributed by atoms with Gasteiger partial charge in [-0.25, -0.2) is 0 Å². The molecule has 0 heterocycles. The fraction of sp³-hybridized carbons (Fsp3) is 0.273. The molecule has 0 aliphatic carbocycles. The highest BCUT2D eigenvalue weighted by Gasteiger charge is 2.17. The first kappa shape index (κ1) is 17.3. The van der Waals surface area contributed by atoms with Crippen molar-refractivity contribution < 1.29 is 9.59 Å². The van der Waals surface area contributed by atoms with E-state index in [4.69, 9.17) is 23.2 Å². The lowest BCUT2D eigenvalue weighted by Crippen LogP contribution is -2.41. The number of hydrogen-bond acceptors (Lipinski definition) is 2. The van der Waals surface area contributed by atoms with Gasteiger partial charge in [0.2, 0.25) is 11.8 Å². The Kier molecular flexibility index (Phi) is 7.70. The summed E-state index contributed by atoms with van der Waals surface area (Å²) in [7, 11) is 0. The van der Waals surface area contributed by atoms with Gasteiger partial charge in [0.25, 0.3) is 0 Å².